The third kappa shape index (κ3) is 3.96. The molecule has 1 saturated carbocycles. The molecule has 1 heterocycles. The lowest BCUT2D eigenvalue weighted by Gasteiger charge is -2.46. The molecule has 38 heavy (non-hydrogen) atoms. The fourth-order valence-electron chi connectivity index (χ4n) is 6.59. The van der Waals surface area contributed by atoms with Gasteiger partial charge in [0.05, 0.1) is 12.7 Å². The summed E-state index contributed by atoms with van der Waals surface area (Å²) in [5.41, 5.74) is 2.91. The van der Waals surface area contributed by atoms with E-state index < -0.39 is 52.0 Å². The number of Topliss-reactive ketones (excluding diaryl/α,β-unsaturated/α-hetero) is 2. The van der Waals surface area contributed by atoms with Gasteiger partial charge in [0, 0.05) is 48.7 Å². The van der Waals surface area contributed by atoms with Crippen LogP contribution in [0.5, 0.6) is 11.5 Å². The number of carbonyl (C=O) groups excluding carboxylic acids is 3. The largest absolute Gasteiger partial charge is 0.508 e. The minimum Gasteiger partial charge on any atom is -0.508 e. The molecule has 1 unspecified atom stereocenters. The predicted octanol–water partition coefficient (Wildman–Crippen LogP) is 0.618. The molecule has 3 aliphatic carbocycles. The number of nitrogens with zero attached hydrogens (tertiary/aromatic N) is 1. The zero-order chi connectivity index (χ0) is 27.4. The van der Waals surface area contributed by atoms with Crippen LogP contribution in [-0.4, -0.2) is 81.7 Å². The average Bonchev–Trinajstić information content (AvgIpc) is 3.37. The van der Waals surface area contributed by atoms with Crippen LogP contribution in [0, 0.1) is 11.8 Å². The monoisotopic (exact) mass is 527 g/mol. The van der Waals surface area contributed by atoms with Crippen molar-refractivity contribution < 1.29 is 39.5 Å². The van der Waals surface area contributed by atoms with Crippen LogP contribution in [-0.2, 0) is 27.3 Å². The van der Waals surface area contributed by atoms with E-state index in [1.54, 1.807) is 0 Å². The highest BCUT2D eigenvalue weighted by atomic mass is 16.5. The molecular weight excluding hydrogens is 494 g/mol. The highest BCUT2D eigenvalue weighted by Gasteiger charge is 2.60. The summed E-state index contributed by atoms with van der Waals surface area (Å²) in [5, 5.41) is 47.5. The topological polar surface area (TPSA) is 183 Å². The number of nitrogens with one attached hydrogen (secondary N) is 1. The summed E-state index contributed by atoms with van der Waals surface area (Å²) in [5.74, 6) is -6.01. The second-order valence-corrected chi connectivity index (χ2v) is 10.6. The summed E-state index contributed by atoms with van der Waals surface area (Å²) in [6.45, 7) is 4.28. The molecule has 11 nitrogen and oxygen atoms in total. The number of phenolic OH excluding ortho intramolecular Hbond substituents is 1. The lowest BCUT2D eigenvalue weighted by Crippen LogP contribution is -2.58. The van der Waals surface area contributed by atoms with Crippen molar-refractivity contribution in [3.8, 4) is 11.5 Å². The Morgan fingerprint density at radius 3 is 2.58 bits per heavy atom. The number of aliphatic hydroxyl groups is 3. The fourth-order valence-corrected chi connectivity index (χ4v) is 6.59. The number of aromatic hydroxyl groups is 1. The van der Waals surface area contributed by atoms with Crippen molar-refractivity contribution in [3.05, 3.63) is 39.7 Å². The van der Waals surface area contributed by atoms with Crippen molar-refractivity contribution in [2.75, 3.05) is 33.3 Å². The van der Waals surface area contributed by atoms with Gasteiger partial charge in [-0.25, -0.2) is 0 Å². The molecule has 1 aromatic rings. The Bertz CT molecular complexity index is 1280. The molecule has 7 N–H and O–H groups in total. The maximum atomic E-state index is 13.6. The number of likely N-dealkylation sites (tertiary alicyclic amines) is 1. The van der Waals surface area contributed by atoms with E-state index in [2.05, 4.69) is 10.2 Å². The first-order chi connectivity index (χ1) is 18.1. The zero-order valence-electron chi connectivity index (χ0n) is 21.2. The molecule has 0 aromatic heterocycles. The van der Waals surface area contributed by atoms with Gasteiger partial charge >= 0.3 is 0 Å². The Morgan fingerprint density at radius 2 is 1.92 bits per heavy atom. The standard InChI is InChI=1S/C27H33N3O8/c1-38-23-14(12-29-4-7-30-5-2-3-6-30)10-17(31)20-16(23)9-13-8-15-11-18(32)21(26(28)36)25(35)27(15,37)24(34)19(13)22(20)33/h10,13,15,29,31,33,35,37H,2-9,11-12H2,1H3,(H2,28,36)/t13?,15-,27-/m0/s1. The summed E-state index contributed by atoms with van der Waals surface area (Å²) in [6.07, 6.45) is 2.34. The van der Waals surface area contributed by atoms with Gasteiger partial charge in [0.25, 0.3) is 5.91 Å². The van der Waals surface area contributed by atoms with Crippen molar-refractivity contribution >= 4 is 23.2 Å². The molecular formula is C27H33N3O8. The van der Waals surface area contributed by atoms with Crippen LogP contribution >= 0.6 is 0 Å². The van der Waals surface area contributed by atoms with Gasteiger partial charge in [0.2, 0.25) is 5.78 Å². The maximum absolute atomic E-state index is 13.6. The van der Waals surface area contributed by atoms with Crippen LogP contribution in [0.2, 0.25) is 0 Å². The summed E-state index contributed by atoms with van der Waals surface area (Å²) in [7, 11) is 1.50. The van der Waals surface area contributed by atoms with Gasteiger partial charge in [-0.05, 0) is 50.8 Å². The Hall–Kier alpha value is -3.41. The van der Waals surface area contributed by atoms with E-state index in [0.717, 1.165) is 26.2 Å². The number of fused-ring (bicyclic) bond motifs is 3. The normalized spacial score (nSPS) is 27.3. The summed E-state index contributed by atoms with van der Waals surface area (Å²) < 4.78 is 5.70. The maximum Gasteiger partial charge on any atom is 0.255 e. The van der Waals surface area contributed by atoms with E-state index in [-0.39, 0.29) is 36.1 Å². The van der Waals surface area contributed by atoms with Crippen molar-refractivity contribution in [1.82, 2.24) is 10.2 Å². The number of ketones is 2. The Kier molecular flexibility index (Phi) is 6.70. The van der Waals surface area contributed by atoms with Crippen molar-refractivity contribution in [3.63, 3.8) is 0 Å². The molecule has 1 amide bonds. The van der Waals surface area contributed by atoms with E-state index in [4.69, 9.17) is 10.5 Å². The number of nitrogens with two attached hydrogens (primary N) is 1. The number of benzene rings is 1. The smallest absolute Gasteiger partial charge is 0.255 e. The minimum atomic E-state index is -2.57. The molecule has 0 radical (unpaired) electrons. The summed E-state index contributed by atoms with van der Waals surface area (Å²) in [4.78, 5) is 40.2. The first-order valence-corrected chi connectivity index (χ1v) is 12.9. The van der Waals surface area contributed by atoms with Gasteiger partial charge in [-0.15, -0.1) is 0 Å². The van der Waals surface area contributed by atoms with E-state index >= 15 is 0 Å². The van der Waals surface area contributed by atoms with Crippen LogP contribution < -0.4 is 15.8 Å². The molecule has 1 saturated heterocycles. The molecule has 0 bridgehead atoms. The summed E-state index contributed by atoms with van der Waals surface area (Å²) >= 11 is 0. The molecule has 5 rings (SSSR count). The minimum absolute atomic E-state index is 0.0230. The number of phenols is 1. The SMILES string of the molecule is COc1c(CNCCN2CCCC2)cc(O)c2c1CC1C[C@H]3CC(=O)C(C(N)=O)=C(O)[C@@]3(O)C(=O)C1=C2O. The first-order valence-electron chi connectivity index (χ1n) is 12.9. The number of amides is 1. The van der Waals surface area contributed by atoms with E-state index in [1.165, 1.54) is 26.0 Å². The van der Waals surface area contributed by atoms with Gasteiger partial charge in [-0.3, -0.25) is 14.4 Å². The zero-order valence-corrected chi connectivity index (χ0v) is 21.2. The lowest BCUT2D eigenvalue weighted by molar-refractivity contribution is -0.147. The second kappa shape index (κ2) is 9.72. The number of carbonyl (C=O) groups is 3. The highest BCUT2D eigenvalue weighted by Crippen LogP contribution is 2.53. The van der Waals surface area contributed by atoms with Crippen LogP contribution in [0.15, 0.2) is 23.0 Å². The molecule has 11 heteroatoms. The second-order valence-electron chi connectivity index (χ2n) is 10.6. The van der Waals surface area contributed by atoms with Gasteiger partial charge < -0.3 is 41.1 Å². The number of hydrogen-bond acceptors (Lipinski definition) is 10. The fraction of sp³-hybridized carbons (Fsp3) is 0.519. The third-order valence-electron chi connectivity index (χ3n) is 8.41. The van der Waals surface area contributed by atoms with Crippen LogP contribution in [0.1, 0.15) is 42.4 Å². The molecule has 204 valence electrons. The lowest BCUT2D eigenvalue weighted by atomic mass is 9.59. The molecule has 3 atom stereocenters. The van der Waals surface area contributed by atoms with Crippen LogP contribution in [0.4, 0.5) is 0 Å². The quantitative estimate of drug-likeness (QED) is 0.217. The Labute approximate surface area is 219 Å². The third-order valence-corrected chi connectivity index (χ3v) is 8.41. The predicted molar refractivity (Wildman–Crippen MR) is 135 cm³/mol. The molecule has 0 spiro atoms. The summed E-state index contributed by atoms with van der Waals surface area (Å²) in [6, 6.07) is 1.48. The van der Waals surface area contributed by atoms with E-state index in [1.807, 2.05) is 0 Å². The number of rotatable bonds is 7. The van der Waals surface area contributed by atoms with E-state index in [0.29, 0.717) is 23.4 Å². The number of primary amides is 1. The van der Waals surface area contributed by atoms with E-state index in [9.17, 15) is 34.8 Å². The van der Waals surface area contributed by atoms with Gasteiger partial charge in [0.15, 0.2) is 11.4 Å². The van der Waals surface area contributed by atoms with Gasteiger partial charge in [0.1, 0.15) is 28.6 Å². The number of aliphatic hydroxyl groups excluding tert-OH is 2. The Morgan fingerprint density at radius 1 is 1.21 bits per heavy atom. The number of hydrogen-bond donors (Lipinski definition) is 6. The molecule has 1 aliphatic heterocycles. The average molecular weight is 528 g/mol. The van der Waals surface area contributed by atoms with Gasteiger partial charge in [-0.2, -0.15) is 0 Å². The first kappa shape index (κ1) is 26.2. The number of ether oxygens (including phenoxy) is 1. The van der Waals surface area contributed by atoms with Crippen molar-refractivity contribution in [1.29, 1.82) is 0 Å². The molecule has 1 aromatic carbocycles. The van der Waals surface area contributed by atoms with Crippen molar-refractivity contribution in [2.45, 2.75) is 44.2 Å². The highest BCUT2D eigenvalue weighted by molar-refractivity contribution is 6.22. The molecule has 4 aliphatic rings. The van der Waals surface area contributed by atoms with Crippen LogP contribution in [0.25, 0.3) is 5.76 Å². The Balaban J connectivity index is 1.49. The van der Waals surface area contributed by atoms with Crippen LogP contribution in [0.3, 0.4) is 0 Å². The van der Waals surface area contributed by atoms with Crippen molar-refractivity contribution in [2.24, 2.45) is 17.6 Å². The van der Waals surface area contributed by atoms with Gasteiger partial charge in [-0.1, -0.05) is 0 Å². The molecule has 2 fully saturated rings. The number of methoxy groups -OCH3 is 1.